The lowest BCUT2D eigenvalue weighted by Crippen LogP contribution is -2.14. The number of hydrogen-bond acceptors (Lipinski definition) is 2. The van der Waals surface area contributed by atoms with Crippen LogP contribution in [0, 0.1) is 0 Å². The summed E-state index contributed by atoms with van der Waals surface area (Å²) in [5.41, 5.74) is 3.50. The Morgan fingerprint density at radius 3 is 2.46 bits per heavy atom. The molecule has 120 valence electrons. The van der Waals surface area contributed by atoms with Gasteiger partial charge in [-0.25, -0.2) is 4.79 Å². The molecular weight excluding hydrogens is 392 g/mol. The van der Waals surface area contributed by atoms with E-state index in [-0.39, 0.29) is 5.57 Å². The monoisotopic (exact) mass is 402 g/mol. The van der Waals surface area contributed by atoms with Crippen LogP contribution in [0.4, 0.5) is 0 Å². The Bertz CT molecular complexity index is 895. The van der Waals surface area contributed by atoms with Gasteiger partial charge in [-0.2, -0.15) is 0 Å². The van der Waals surface area contributed by atoms with Crippen LogP contribution >= 0.6 is 27.5 Å². The molecule has 3 nitrogen and oxygen atoms in total. The highest BCUT2D eigenvalue weighted by molar-refractivity contribution is 9.10. The van der Waals surface area contributed by atoms with Gasteiger partial charge in [0.05, 0.1) is 0 Å². The van der Waals surface area contributed by atoms with Crippen LogP contribution in [-0.2, 0) is 16.0 Å². The molecule has 0 heterocycles. The maximum Gasteiger partial charge on any atom is 0.377 e. The number of carboxylic acids is 1. The number of Topliss-reactive ketones (excluding diaryl/α,β-unsaturated/α-hetero) is 1. The van der Waals surface area contributed by atoms with Crippen LogP contribution < -0.4 is 0 Å². The Hall–Kier alpha value is -2.17. The zero-order valence-corrected chi connectivity index (χ0v) is 14.8. The van der Waals surface area contributed by atoms with Gasteiger partial charge in [0.2, 0.25) is 0 Å². The first-order chi connectivity index (χ1) is 11.5. The zero-order valence-electron chi connectivity index (χ0n) is 12.4. The van der Waals surface area contributed by atoms with Crippen molar-refractivity contribution in [1.29, 1.82) is 0 Å². The lowest BCUT2D eigenvalue weighted by Gasteiger charge is -2.03. The first-order valence-corrected chi connectivity index (χ1v) is 8.36. The highest BCUT2D eigenvalue weighted by Crippen LogP contribution is 2.36. The minimum atomic E-state index is -1.45. The second-order valence-electron chi connectivity index (χ2n) is 5.40. The SMILES string of the molecule is O=C(O)C(=O)C1=C(/C=C/c2ccc(Cl)cc2)Cc2cc(Br)ccc21. The summed E-state index contributed by atoms with van der Waals surface area (Å²) in [6, 6.07) is 12.8. The van der Waals surface area contributed by atoms with E-state index in [1.165, 1.54) is 0 Å². The van der Waals surface area contributed by atoms with E-state index in [0.29, 0.717) is 22.6 Å². The van der Waals surface area contributed by atoms with Crippen LogP contribution in [0.1, 0.15) is 16.7 Å². The Morgan fingerprint density at radius 1 is 1.08 bits per heavy atom. The maximum atomic E-state index is 12.1. The van der Waals surface area contributed by atoms with Crippen LogP contribution in [0.15, 0.2) is 58.6 Å². The quantitative estimate of drug-likeness (QED) is 0.748. The predicted octanol–water partition coefficient (Wildman–Crippen LogP) is 4.78. The van der Waals surface area contributed by atoms with E-state index >= 15 is 0 Å². The Kier molecular flexibility index (Phi) is 4.69. The molecule has 0 fully saturated rings. The van der Waals surface area contributed by atoms with Crippen molar-refractivity contribution in [2.45, 2.75) is 6.42 Å². The van der Waals surface area contributed by atoms with E-state index in [1.807, 2.05) is 24.3 Å². The van der Waals surface area contributed by atoms with Crippen LogP contribution in [0.2, 0.25) is 5.02 Å². The molecule has 2 aromatic carbocycles. The number of fused-ring (bicyclic) bond motifs is 1. The van der Waals surface area contributed by atoms with Gasteiger partial charge in [0.25, 0.3) is 5.78 Å². The number of benzene rings is 2. The number of allylic oxidation sites excluding steroid dienone is 2. The molecule has 5 heteroatoms. The smallest absolute Gasteiger partial charge is 0.377 e. The molecule has 1 aliphatic carbocycles. The van der Waals surface area contributed by atoms with Gasteiger partial charge in [0.15, 0.2) is 0 Å². The lowest BCUT2D eigenvalue weighted by atomic mass is 10.0. The summed E-state index contributed by atoms with van der Waals surface area (Å²) in [4.78, 5) is 23.3. The molecule has 0 saturated carbocycles. The number of carboxylic acid groups (broad SMARTS) is 1. The summed E-state index contributed by atoms with van der Waals surface area (Å²) in [7, 11) is 0. The number of aliphatic carboxylic acids is 1. The van der Waals surface area contributed by atoms with Crippen molar-refractivity contribution in [2.24, 2.45) is 0 Å². The van der Waals surface area contributed by atoms with Crippen molar-refractivity contribution in [2.75, 3.05) is 0 Å². The molecule has 3 rings (SSSR count). The molecule has 1 N–H and O–H groups in total. The van der Waals surface area contributed by atoms with Crippen molar-refractivity contribution < 1.29 is 14.7 Å². The van der Waals surface area contributed by atoms with Gasteiger partial charge >= 0.3 is 5.97 Å². The number of halogens is 2. The molecule has 24 heavy (non-hydrogen) atoms. The predicted molar refractivity (Wildman–Crippen MR) is 97.9 cm³/mol. The Labute approximate surface area is 152 Å². The molecule has 1 aliphatic rings. The van der Waals surface area contributed by atoms with Gasteiger partial charge in [-0.15, -0.1) is 0 Å². The topological polar surface area (TPSA) is 54.4 Å². The molecule has 0 atom stereocenters. The standard InChI is InChI=1S/C19H12BrClO3/c20-14-5-8-16-13(10-14)9-12(17(16)18(22)19(23)24)4-1-11-2-6-15(21)7-3-11/h1-8,10H,9H2,(H,23,24)/b4-1+. The number of ketones is 1. The van der Waals surface area contributed by atoms with Crippen LogP contribution in [0.25, 0.3) is 11.6 Å². The van der Waals surface area contributed by atoms with E-state index in [1.54, 1.807) is 30.3 Å². The minimum absolute atomic E-state index is 0.259. The molecule has 0 bridgehead atoms. The van der Waals surface area contributed by atoms with Gasteiger partial charge in [-0.3, -0.25) is 4.79 Å². The fraction of sp³-hybridized carbons (Fsp3) is 0.0526. The first-order valence-electron chi connectivity index (χ1n) is 7.19. The summed E-state index contributed by atoms with van der Waals surface area (Å²) >= 11 is 9.27. The van der Waals surface area contributed by atoms with Crippen molar-refractivity contribution in [1.82, 2.24) is 0 Å². The van der Waals surface area contributed by atoms with Crippen LogP contribution in [0.3, 0.4) is 0 Å². The molecule has 0 spiro atoms. The minimum Gasteiger partial charge on any atom is -0.475 e. The zero-order chi connectivity index (χ0) is 17.3. The fourth-order valence-corrected chi connectivity index (χ4v) is 3.24. The summed E-state index contributed by atoms with van der Waals surface area (Å²) < 4.78 is 0.895. The third-order valence-electron chi connectivity index (χ3n) is 3.81. The van der Waals surface area contributed by atoms with Crippen molar-refractivity contribution in [3.63, 3.8) is 0 Å². The van der Waals surface area contributed by atoms with E-state index < -0.39 is 11.8 Å². The molecule has 0 amide bonds. The average Bonchev–Trinajstić information content (AvgIpc) is 2.90. The number of rotatable bonds is 4. The van der Waals surface area contributed by atoms with Crippen molar-refractivity contribution in [3.05, 3.63) is 80.3 Å². The maximum absolute atomic E-state index is 12.1. The summed E-state index contributed by atoms with van der Waals surface area (Å²) in [5, 5.41) is 9.77. The number of carbonyl (C=O) groups excluding carboxylic acids is 1. The van der Waals surface area contributed by atoms with E-state index in [4.69, 9.17) is 16.7 Å². The summed E-state index contributed by atoms with van der Waals surface area (Å²) in [6.45, 7) is 0. The molecule has 0 aliphatic heterocycles. The van der Waals surface area contributed by atoms with Crippen LogP contribution in [0.5, 0.6) is 0 Å². The fourth-order valence-electron chi connectivity index (χ4n) is 2.71. The third kappa shape index (κ3) is 3.35. The number of hydrogen-bond donors (Lipinski definition) is 1. The molecule has 0 aromatic heterocycles. The second kappa shape index (κ2) is 6.75. The normalized spacial score (nSPS) is 13.4. The molecule has 0 saturated heterocycles. The summed E-state index contributed by atoms with van der Waals surface area (Å²) in [5.74, 6) is -2.33. The van der Waals surface area contributed by atoms with Crippen molar-refractivity contribution in [3.8, 4) is 0 Å². The highest BCUT2D eigenvalue weighted by Gasteiger charge is 2.29. The second-order valence-corrected chi connectivity index (χ2v) is 6.75. The third-order valence-corrected chi connectivity index (χ3v) is 4.55. The Morgan fingerprint density at radius 2 is 1.79 bits per heavy atom. The molecule has 0 radical (unpaired) electrons. The van der Waals surface area contributed by atoms with Gasteiger partial charge in [0, 0.05) is 15.1 Å². The van der Waals surface area contributed by atoms with Gasteiger partial charge < -0.3 is 5.11 Å². The summed E-state index contributed by atoms with van der Waals surface area (Å²) in [6.07, 6.45) is 4.17. The van der Waals surface area contributed by atoms with Crippen molar-refractivity contribution >= 4 is 50.9 Å². The van der Waals surface area contributed by atoms with Gasteiger partial charge in [0.1, 0.15) is 0 Å². The lowest BCUT2D eigenvalue weighted by molar-refractivity contribution is -0.146. The molecule has 0 unspecified atom stereocenters. The van der Waals surface area contributed by atoms with E-state index in [2.05, 4.69) is 15.9 Å². The molecular formula is C19H12BrClO3. The van der Waals surface area contributed by atoms with Gasteiger partial charge in [-0.1, -0.05) is 57.9 Å². The average molecular weight is 404 g/mol. The van der Waals surface area contributed by atoms with E-state index in [9.17, 15) is 9.59 Å². The van der Waals surface area contributed by atoms with Gasteiger partial charge in [-0.05, 0) is 52.9 Å². The Balaban J connectivity index is 2.02. The first kappa shape index (κ1) is 16.7. The molecule has 2 aromatic rings. The van der Waals surface area contributed by atoms with E-state index in [0.717, 1.165) is 15.6 Å². The largest absolute Gasteiger partial charge is 0.475 e. The highest BCUT2D eigenvalue weighted by atomic mass is 79.9. The van der Waals surface area contributed by atoms with Crippen LogP contribution in [-0.4, -0.2) is 16.9 Å². The number of carbonyl (C=O) groups is 2.